The minimum absolute atomic E-state index is 0.162. The minimum atomic E-state index is -0.162. The molecule has 0 aliphatic heterocycles. The maximum Gasteiger partial charge on any atom is 0.269 e. The molecule has 5 nitrogen and oxygen atoms in total. The molecule has 0 saturated heterocycles. The van der Waals surface area contributed by atoms with Crippen LogP contribution in [0.5, 0.6) is 0 Å². The van der Waals surface area contributed by atoms with E-state index in [4.69, 9.17) is 4.74 Å². The van der Waals surface area contributed by atoms with Gasteiger partial charge >= 0.3 is 0 Å². The first-order valence-electron chi connectivity index (χ1n) is 5.59. The zero-order valence-electron chi connectivity index (χ0n) is 10.5. The van der Waals surface area contributed by atoms with Crippen molar-refractivity contribution in [3.8, 4) is 0 Å². The summed E-state index contributed by atoms with van der Waals surface area (Å²) in [5.41, 5.74) is 0.418. The smallest absolute Gasteiger partial charge is 0.269 e. The first kappa shape index (κ1) is 13.4. The fourth-order valence-corrected chi connectivity index (χ4v) is 1.40. The van der Waals surface area contributed by atoms with E-state index in [1.54, 1.807) is 26.3 Å². The van der Waals surface area contributed by atoms with Gasteiger partial charge in [-0.2, -0.15) is 0 Å². The Morgan fingerprint density at radius 1 is 1.53 bits per heavy atom. The number of ether oxygens (including phenoxy) is 1. The van der Waals surface area contributed by atoms with Crippen LogP contribution in [-0.4, -0.2) is 38.2 Å². The molecule has 0 saturated carbocycles. The Labute approximate surface area is 102 Å². The number of carbonyl (C=O) groups is 1. The maximum absolute atomic E-state index is 11.8. The number of aromatic nitrogens is 1. The lowest BCUT2D eigenvalue weighted by Gasteiger charge is -2.11. The van der Waals surface area contributed by atoms with Gasteiger partial charge in [0.05, 0.1) is 6.61 Å². The number of nitrogens with one attached hydrogen (secondary N) is 2. The third-order valence-electron chi connectivity index (χ3n) is 2.30. The van der Waals surface area contributed by atoms with Crippen LogP contribution < -0.4 is 10.6 Å². The second-order valence-corrected chi connectivity index (χ2v) is 3.93. The monoisotopic (exact) mass is 237 g/mol. The number of pyridine rings is 1. The molecular formula is C12H19N3O2. The molecule has 1 aromatic heterocycles. The highest BCUT2D eigenvalue weighted by Gasteiger charge is 2.09. The molecular weight excluding hydrogens is 218 g/mol. The van der Waals surface area contributed by atoms with Crippen molar-refractivity contribution in [1.29, 1.82) is 0 Å². The molecule has 1 unspecified atom stereocenters. The summed E-state index contributed by atoms with van der Waals surface area (Å²) in [4.78, 5) is 15.9. The number of amides is 1. The number of rotatable bonds is 6. The van der Waals surface area contributed by atoms with Gasteiger partial charge in [-0.3, -0.25) is 4.79 Å². The topological polar surface area (TPSA) is 63.2 Å². The van der Waals surface area contributed by atoms with Crippen molar-refractivity contribution in [3.05, 3.63) is 23.9 Å². The summed E-state index contributed by atoms with van der Waals surface area (Å²) in [7, 11) is 3.42. The molecule has 5 heteroatoms. The van der Waals surface area contributed by atoms with E-state index in [2.05, 4.69) is 15.6 Å². The summed E-state index contributed by atoms with van der Waals surface area (Å²) in [5, 5.41) is 5.72. The van der Waals surface area contributed by atoms with Crippen LogP contribution in [0.15, 0.2) is 18.2 Å². The summed E-state index contributed by atoms with van der Waals surface area (Å²) in [6, 6.07) is 5.30. The third-order valence-corrected chi connectivity index (χ3v) is 2.30. The van der Waals surface area contributed by atoms with Gasteiger partial charge in [0.2, 0.25) is 0 Å². The lowest BCUT2D eigenvalue weighted by molar-refractivity contribution is 0.0929. The van der Waals surface area contributed by atoms with Crippen LogP contribution in [0.1, 0.15) is 17.4 Å². The molecule has 94 valence electrons. The molecule has 0 aromatic carbocycles. The van der Waals surface area contributed by atoms with Gasteiger partial charge in [-0.25, -0.2) is 4.98 Å². The SMILES string of the molecule is CNc1cccc(C(=O)NCC(C)COC)n1. The third kappa shape index (κ3) is 4.40. The summed E-state index contributed by atoms with van der Waals surface area (Å²) >= 11 is 0. The van der Waals surface area contributed by atoms with Crippen LogP contribution >= 0.6 is 0 Å². The lowest BCUT2D eigenvalue weighted by Crippen LogP contribution is -2.30. The molecule has 0 spiro atoms. The Kier molecular flexibility index (Phi) is 5.42. The number of anilines is 1. The Hall–Kier alpha value is -1.62. The predicted molar refractivity (Wildman–Crippen MR) is 67.2 cm³/mol. The van der Waals surface area contributed by atoms with E-state index in [1.807, 2.05) is 13.0 Å². The molecule has 1 heterocycles. The van der Waals surface area contributed by atoms with Gasteiger partial charge in [-0.05, 0) is 18.1 Å². The molecule has 1 atom stereocenters. The molecule has 1 rings (SSSR count). The van der Waals surface area contributed by atoms with Crippen molar-refractivity contribution < 1.29 is 9.53 Å². The van der Waals surface area contributed by atoms with Crippen molar-refractivity contribution in [2.24, 2.45) is 5.92 Å². The van der Waals surface area contributed by atoms with Crippen molar-refractivity contribution >= 4 is 11.7 Å². The van der Waals surface area contributed by atoms with Crippen LogP contribution in [0.25, 0.3) is 0 Å². The first-order chi connectivity index (χ1) is 8.17. The van der Waals surface area contributed by atoms with E-state index < -0.39 is 0 Å². The molecule has 0 radical (unpaired) electrons. The van der Waals surface area contributed by atoms with Gasteiger partial charge in [0.1, 0.15) is 11.5 Å². The van der Waals surface area contributed by atoms with E-state index >= 15 is 0 Å². The molecule has 1 aromatic rings. The van der Waals surface area contributed by atoms with Gasteiger partial charge in [0.15, 0.2) is 0 Å². The number of hydrogen-bond acceptors (Lipinski definition) is 4. The van der Waals surface area contributed by atoms with Crippen LogP contribution in [-0.2, 0) is 4.74 Å². The number of methoxy groups -OCH3 is 1. The highest BCUT2D eigenvalue weighted by molar-refractivity contribution is 5.92. The van der Waals surface area contributed by atoms with Crippen molar-refractivity contribution in [2.45, 2.75) is 6.92 Å². The van der Waals surface area contributed by atoms with E-state index in [-0.39, 0.29) is 11.8 Å². The molecule has 1 amide bonds. The van der Waals surface area contributed by atoms with Gasteiger partial charge in [-0.15, -0.1) is 0 Å². The number of carbonyl (C=O) groups excluding carboxylic acids is 1. The molecule has 17 heavy (non-hydrogen) atoms. The van der Waals surface area contributed by atoms with E-state index in [0.717, 1.165) is 0 Å². The number of nitrogens with zero attached hydrogens (tertiary/aromatic N) is 1. The van der Waals surface area contributed by atoms with Gasteiger partial charge in [0.25, 0.3) is 5.91 Å². The largest absolute Gasteiger partial charge is 0.384 e. The highest BCUT2D eigenvalue weighted by Crippen LogP contribution is 2.03. The first-order valence-corrected chi connectivity index (χ1v) is 5.59. The molecule has 0 fully saturated rings. The average Bonchev–Trinajstić information content (AvgIpc) is 2.36. The Morgan fingerprint density at radius 3 is 2.94 bits per heavy atom. The van der Waals surface area contributed by atoms with Crippen LogP contribution in [0.3, 0.4) is 0 Å². The quantitative estimate of drug-likeness (QED) is 0.778. The molecule has 0 aliphatic carbocycles. The van der Waals surface area contributed by atoms with Crippen LogP contribution in [0, 0.1) is 5.92 Å². The van der Waals surface area contributed by atoms with Crippen LogP contribution in [0.4, 0.5) is 5.82 Å². The zero-order chi connectivity index (χ0) is 12.7. The molecule has 0 bridgehead atoms. The highest BCUT2D eigenvalue weighted by atomic mass is 16.5. The van der Waals surface area contributed by atoms with Gasteiger partial charge in [0, 0.05) is 20.7 Å². The van der Waals surface area contributed by atoms with Crippen molar-refractivity contribution in [2.75, 3.05) is 32.6 Å². The lowest BCUT2D eigenvalue weighted by atomic mass is 10.2. The van der Waals surface area contributed by atoms with Crippen LogP contribution in [0.2, 0.25) is 0 Å². The minimum Gasteiger partial charge on any atom is -0.384 e. The second kappa shape index (κ2) is 6.85. The van der Waals surface area contributed by atoms with Gasteiger partial charge in [-0.1, -0.05) is 13.0 Å². The van der Waals surface area contributed by atoms with Crippen molar-refractivity contribution in [1.82, 2.24) is 10.3 Å². The molecule has 0 aliphatic rings. The van der Waals surface area contributed by atoms with Gasteiger partial charge < -0.3 is 15.4 Å². The number of hydrogen-bond donors (Lipinski definition) is 2. The summed E-state index contributed by atoms with van der Waals surface area (Å²) in [6.07, 6.45) is 0. The summed E-state index contributed by atoms with van der Waals surface area (Å²) in [6.45, 7) is 3.23. The normalized spacial score (nSPS) is 11.9. The summed E-state index contributed by atoms with van der Waals surface area (Å²) < 4.78 is 5.00. The van der Waals surface area contributed by atoms with E-state index in [9.17, 15) is 4.79 Å². The Morgan fingerprint density at radius 2 is 2.29 bits per heavy atom. The average molecular weight is 237 g/mol. The Bertz CT molecular complexity index is 369. The molecule has 2 N–H and O–H groups in total. The second-order valence-electron chi connectivity index (χ2n) is 3.93. The fraction of sp³-hybridized carbons (Fsp3) is 0.500. The van der Waals surface area contributed by atoms with E-state index in [0.29, 0.717) is 24.7 Å². The van der Waals surface area contributed by atoms with Crippen molar-refractivity contribution in [3.63, 3.8) is 0 Å². The standard InChI is InChI=1S/C12H19N3O2/c1-9(8-17-3)7-14-12(16)10-5-4-6-11(13-2)15-10/h4-6,9H,7-8H2,1-3H3,(H,13,15)(H,14,16). The Balaban J connectivity index is 2.51. The fourth-order valence-electron chi connectivity index (χ4n) is 1.40. The zero-order valence-corrected chi connectivity index (χ0v) is 10.5. The maximum atomic E-state index is 11.8. The summed E-state index contributed by atoms with van der Waals surface area (Å²) in [5.74, 6) is 0.809. The predicted octanol–water partition coefficient (Wildman–Crippen LogP) is 1.14. The van der Waals surface area contributed by atoms with E-state index in [1.165, 1.54) is 0 Å².